The molecule has 0 unspecified atom stereocenters. The summed E-state index contributed by atoms with van der Waals surface area (Å²) in [7, 11) is 0. The fourth-order valence-corrected chi connectivity index (χ4v) is 3.25. The summed E-state index contributed by atoms with van der Waals surface area (Å²) in [5.74, 6) is 0. The third-order valence-corrected chi connectivity index (χ3v) is 4.55. The molecule has 19 heavy (non-hydrogen) atoms. The molecule has 0 saturated carbocycles. The van der Waals surface area contributed by atoms with Gasteiger partial charge < -0.3 is 10.6 Å². The van der Waals surface area contributed by atoms with Crippen LogP contribution >= 0.6 is 11.3 Å². The lowest BCUT2D eigenvalue weighted by atomic mass is 10.1. The Kier molecular flexibility index (Phi) is 3.53. The fourth-order valence-electron chi connectivity index (χ4n) is 2.36. The Morgan fingerprint density at radius 3 is 2.58 bits per heavy atom. The molecule has 1 fully saturated rings. The number of aromatic nitrogens is 1. The van der Waals surface area contributed by atoms with Gasteiger partial charge in [0.15, 0.2) is 5.13 Å². The minimum Gasteiger partial charge on any atom is -0.348 e. The van der Waals surface area contributed by atoms with Gasteiger partial charge in [-0.15, -0.1) is 11.3 Å². The number of nitrogens with two attached hydrogens (primary N) is 1. The first kappa shape index (κ1) is 12.6. The Hall–Kier alpha value is -1.39. The van der Waals surface area contributed by atoms with Crippen molar-refractivity contribution >= 4 is 16.5 Å². The second-order valence-corrected chi connectivity index (χ2v) is 6.04. The zero-order valence-electron chi connectivity index (χ0n) is 11.2. The molecular weight excluding hydrogens is 254 g/mol. The van der Waals surface area contributed by atoms with E-state index in [4.69, 9.17) is 10.7 Å². The normalized spacial score (nSPS) is 16.8. The van der Waals surface area contributed by atoms with Crippen LogP contribution in [0.5, 0.6) is 0 Å². The van der Waals surface area contributed by atoms with Gasteiger partial charge in [0.1, 0.15) is 0 Å². The molecule has 2 heterocycles. The number of hydrogen-bond acceptors (Lipinski definition) is 4. The number of thiazole rings is 1. The molecule has 1 aromatic carbocycles. The van der Waals surface area contributed by atoms with Gasteiger partial charge >= 0.3 is 0 Å². The predicted octanol–water partition coefficient (Wildman–Crippen LogP) is 3.05. The van der Waals surface area contributed by atoms with E-state index in [1.165, 1.54) is 11.1 Å². The van der Waals surface area contributed by atoms with E-state index in [0.29, 0.717) is 6.04 Å². The molecule has 0 atom stereocenters. The number of benzene rings is 1. The van der Waals surface area contributed by atoms with Crippen LogP contribution in [-0.2, 0) is 0 Å². The number of hydrogen-bond donors (Lipinski definition) is 1. The summed E-state index contributed by atoms with van der Waals surface area (Å²) in [6.45, 7) is 4.16. The summed E-state index contributed by atoms with van der Waals surface area (Å²) in [4.78, 5) is 7.12. The maximum atomic E-state index is 5.94. The molecule has 0 amide bonds. The standard InChI is InChI=1S/C15H19N3S/c1-11-2-4-12(5-3-11)14-10-19-15(17-14)18-8-6-13(16)7-9-18/h2-5,10,13H,6-9,16H2,1H3. The van der Waals surface area contributed by atoms with Gasteiger partial charge in [-0.1, -0.05) is 29.8 Å². The van der Waals surface area contributed by atoms with E-state index in [9.17, 15) is 0 Å². The molecule has 3 rings (SSSR count). The number of aryl methyl sites for hydroxylation is 1. The lowest BCUT2D eigenvalue weighted by molar-refractivity contribution is 0.501. The second-order valence-electron chi connectivity index (χ2n) is 5.21. The average Bonchev–Trinajstić information content (AvgIpc) is 2.90. The summed E-state index contributed by atoms with van der Waals surface area (Å²) >= 11 is 1.73. The summed E-state index contributed by atoms with van der Waals surface area (Å²) in [5.41, 5.74) is 9.50. The van der Waals surface area contributed by atoms with E-state index in [1.54, 1.807) is 11.3 Å². The monoisotopic (exact) mass is 273 g/mol. The Morgan fingerprint density at radius 2 is 1.89 bits per heavy atom. The summed E-state index contributed by atoms with van der Waals surface area (Å²) in [6, 6.07) is 8.91. The highest BCUT2D eigenvalue weighted by molar-refractivity contribution is 7.14. The Labute approximate surface area is 118 Å². The first-order valence-corrected chi connectivity index (χ1v) is 7.63. The molecule has 100 valence electrons. The Balaban J connectivity index is 1.77. The summed E-state index contributed by atoms with van der Waals surface area (Å²) in [6.07, 6.45) is 2.14. The van der Waals surface area contributed by atoms with Crippen molar-refractivity contribution in [3.63, 3.8) is 0 Å². The first-order chi connectivity index (χ1) is 9.22. The number of anilines is 1. The molecule has 4 heteroatoms. The van der Waals surface area contributed by atoms with Crippen LogP contribution in [-0.4, -0.2) is 24.1 Å². The molecule has 2 aromatic rings. The van der Waals surface area contributed by atoms with Crippen molar-refractivity contribution in [1.82, 2.24) is 4.98 Å². The third kappa shape index (κ3) is 2.80. The predicted molar refractivity (Wildman–Crippen MR) is 81.7 cm³/mol. The van der Waals surface area contributed by atoms with Gasteiger partial charge in [0.25, 0.3) is 0 Å². The molecule has 0 spiro atoms. The van der Waals surface area contributed by atoms with Crippen molar-refractivity contribution in [3.8, 4) is 11.3 Å². The first-order valence-electron chi connectivity index (χ1n) is 6.75. The van der Waals surface area contributed by atoms with Crippen molar-refractivity contribution in [1.29, 1.82) is 0 Å². The van der Waals surface area contributed by atoms with E-state index in [0.717, 1.165) is 36.8 Å². The zero-order chi connectivity index (χ0) is 13.2. The molecule has 1 saturated heterocycles. The maximum absolute atomic E-state index is 5.94. The van der Waals surface area contributed by atoms with Crippen LogP contribution in [0.2, 0.25) is 0 Å². The van der Waals surface area contributed by atoms with E-state index in [2.05, 4.69) is 41.5 Å². The van der Waals surface area contributed by atoms with Crippen LogP contribution in [0, 0.1) is 6.92 Å². The molecule has 0 radical (unpaired) electrons. The number of piperidine rings is 1. The van der Waals surface area contributed by atoms with Crippen LogP contribution in [0.4, 0.5) is 5.13 Å². The van der Waals surface area contributed by atoms with E-state index in [1.807, 2.05) is 0 Å². The molecule has 1 aromatic heterocycles. The minimum atomic E-state index is 0.368. The zero-order valence-corrected chi connectivity index (χ0v) is 12.0. The second kappa shape index (κ2) is 5.31. The van der Waals surface area contributed by atoms with Gasteiger partial charge in [-0.3, -0.25) is 0 Å². The molecule has 1 aliphatic rings. The van der Waals surface area contributed by atoms with Crippen molar-refractivity contribution in [2.24, 2.45) is 5.73 Å². The van der Waals surface area contributed by atoms with Crippen LogP contribution in [0.3, 0.4) is 0 Å². The summed E-state index contributed by atoms with van der Waals surface area (Å²) in [5, 5.41) is 3.27. The average molecular weight is 273 g/mol. The molecule has 2 N–H and O–H groups in total. The molecule has 0 aliphatic carbocycles. The van der Waals surface area contributed by atoms with Crippen LogP contribution < -0.4 is 10.6 Å². The minimum absolute atomic E-state index is 0.368. The lowest BCUT2D eigenvalue weighted by Crippen LogP contribution is -2.39. The van der Waals surface area contributed by atoms with Gasteiger partial charge in [-0.2, -0.15) is 0 Å². The van der Waals surface area contributed by atoms with Gasteiger partial charge in [0, 0.05) is 30.1 Å². The largest absolute Gasteiger partial charge is 0.348 e. The third-order valence-electron chi connectivity index (χ3n) is 3.65. The van der Waals surface area contributed by atoms with Gasteiger partial charge in [-0.25, -0.2) is 4.98 Å². The molecule has 1 aliphatic heterocycles. The number of nitrogens with zero attached hydrogens (tertiary/aromatic N) is 2. The maximum Gasteiger partial charge on any atom is 0.185 e. The Bertz CT molecular complexity index is 539. The van der Waals surface area contributed by atoms with Gasteiger partial charge in [0.05, 0.1) is 5.69 Å². The molecule has 0 bridgehead atoms. The lowest BCUT2D eigenvalue weighted by Gasteiger charge is -2.29. The molecular formula is C15H19N3S. The topological polar surface area (TPSA) is 42.1 Å². The van der Waals surface area contributed by atoms with Crippen molar-refractivity contribution in [2.45, 2.75) is 25.8 Å². The van der Waals surface area contributed by atoms with Crippen LogP contribution in [0.25, 0.3) is 11.3 Å². The molecule has 3 nitrogen and oxygen atoms in total. The Morgan fingerprint density at radius 1 is 1.21 bits per heavy atom. The smallest absolute Gasteiger partial charge is 0.185 e. The van der Waals surface area contributed by atoms with Crippen molar-refractivity contribution in [3.05, 3.63) is 35.2 Å². The van der Waals surface area contributed by atoms with Crippen LogP contribution in [0.15, 0.2) is 29.6 Å². The summed E-state index contributed by atoms with van der Waals surface area (Å²) < 4.78 is 0. The fraction of sp³-hybridized carbons (Fsp3) is 0.400. The van der Waals surface area contributed by atoms with Crippen molar-refractivity contribution < 1.29 is 0 Å². The number of rotatable bonds is 2. The van der Waals surface area contributed by atoms with Gasteiger partial charge in [0.2, 0.25) is 0 Å². The highest BCUT2D eigenvalue weighted by Crippen LogP contribution is 2.29. The van der Waals surface area contributed by atoms with Gasteiger partial charge in [-0.05, 0) is 19.8 Å². The van der Waals surface area contributed by atoms with E-state index < -0.39 is 0 Å². The quantitative estimate of drug-likeness (QED) is 0.914. The van der Waals surface area contributed by atoms with E-state index in [-0.39, 0.29) is 0 Å². The van der Waals surface area contributed by atoms with E-state index >= 15 is 0 Å². The highest BCUT2D eigenvalue weighted by Gasteiger charge is 2.18. The van der Waals surface area contributed by atoms with Crippen molar-refractivity contribution in [2.75, 3.05) is 18.0 Å². The highest BCUT2D eigenvalue weighted by atomic mass is 32.1. The van der Waals surface area contributed by atoms with Crippen LogP contribution in [0.1, 0.15) is 18.4 Å². The SMILES string of the molecule is Cc1ccc(-c2csc(N3CCC(N)CC3)n2)cc1.